The number of halogens is 1. The van der Waals surface area contributed by atoms with Gasteiger partial charge >= 0.3 is 0 Å². The molecule has 2 N–H and O–H groups in total. The third kappa shape index (κ3) is 2.00. The van der Waals surface area contributed by atoms with E-state index < -0.39 is 0 Å². The fourth-order valence-corrected chi connectivity index (χ4v) is 2.71. The van der Waals surface area contributed by atoms with Crippen LogP contribution in [0.4, 0.5) is 10.1 Å². The summed E-state index contributed by atoms with van der Waals surface area (Å²) in [6.45, 7) is 0.910. The zero-order valence-corrected chi connectivity index (χ0v) is 11.2. The molecule has 4 nitrogen and oxygen atoms in total. The molecule has 3 rings (SSSR count). The van der Waals surface area contributed by atoms with Crippen molar-refractivity contribution in [3.05, 3.63) is 53.6 Å². The minimum atomic E-state index is -0.246. The molecule has 0 radical (unpaired) electrons. The van der Waals surface area contributed by atoms with Crippen LogP contribution < -0.4 is 15.4 Å². The van der Waals surface area contributed by atoms with E-state index in [1.54, 1.807) is 12.4 Å². The molecule has 0 bridgehead atoms. The van der Waals surface area contributed by atoms with Crippen molar-refractivity contribution in [3.63, 3.8) is 0 Å². The summed E-state index contributed by atoms with van der Waals surface area (Å²) < 4.78 is 19.3. The van der Waals surface area contributed by atoms with Gasteiger partial charge in [0, 0.05) is 30.9 Å². The molecule has 2 heterocycles. The molecule has 2 aromatic rings. The number of ether oxygens (including phenoxy) is 1. The second kappa shape index (κ2) is 5.09. The van der Waals surface area contributed by atoms with E-state index >= 15 is 0 Å². The molecule has 0 amide bonds. The van der Waals surface area contributed by atoms with E-state index in [0.717, 1.165) is 11.3 Å². The van der Waals surface area contributed by atoms with Crippen LogP contribution >= 0.6 is 0 Å². The average molecular weight is 273 g/mol. The first kappa shape index (κ1) is 12.9. The predicted octanol–water partition coefficient (Wildman–Crippen LogP) is 2.25. The van der Waals surface area contributed by atoms with Crippen molar-refractivity contribution < 1.29 is 9.13 Å². The Labute approximate surface area is 117 Å². The maximum absolute atomic E-state index is 14.2. The van der Waals surface area contributed by atoms with Crippen LogP contribution in [0.2, 0.25) is 0 Å². The van der Waals surface area contributed by atoms with Crippen molar-refractivity contribution in [2.45, 2.75) is 12.6 Å². The van der Waals surface area contributed by atoms with E-state index in [1.807, 2.05) is 18.2 Å². The second-order valence-corrected chi connectivity index (χ2v) is 4.77. The van der Waals surface area contributed by atoms with Gasteiger partial charge < -0.3 is 15.4 Å². The summed E-state index contributed by atoms with van der Waals surface area (Å²) in [4.78, 5) is 6.19. The Morgan fingerprint density at radius 3 is 3.00 bits per heavy atom. The van der Waals surface area contributed by atoms with Crippen molar-refractivity contribution in [2.24, 2.45) is 5.73 Å². The van der Waals surface area contributed by atoms with Gasteiger partial charge in [0.1, 0.15) is 11.6 Å². The molecule has 1 aromatic carbocycles. The fraction of sp³-hybridized carbons (Fsp3) is 0.267. The molecule has 0 spiro atoms. The summed E-state index contributed by atoms with van der Waals surface area (Å²) in [5.74, 6) is 0.275. The second-order valence-electron chi connectivity index (χ2n) is 4.77. The lowest BCUT2D eigenvalue weighted by molar-refractivity contribution is 0.410. The number of fused-ring (bicyclic) bond motifs is 1. The minimum Gasteiger partial charge on any atom is -0.497 e. The highest BCUT2D eigenvalue weighted by atomic mass is 19.1. The van der Waals surface area contributed by atoms with Crippen molar-refractivity contribution in [3.8, 4) is 5.75 Å². The van der Waals surface area contributed by atoms with Crippen molar-refractivity contribution >= 4 is 5.69 Å². The van der Waals surface area contributed by atoms with Crippen LogP contribution in [0.5, 0.6) is 5.75 Å². The quantitative estimate of drug-likeness (QED) is 0.932. The highest BCUT2D eigenvalue weighted by molar-refractivity contribution is 5.55. The Hall–Kier alpha value is -2.14. The molecular formula is C15H16FN3O. The number of hydrogen-bond donors (Lipinski definition) is 1. The van der Waals surface area contributed by atoms with E-state index in [9.17, 15) is 4.39 Å². The highest BCUT2D eigenvalue weighted by Gasteiger charge is 2.32. The molecule has 1 aliphatic rings. The molecule has 20 heavy (non-hydrogen) atoms. The van der Waals surface area contributed by atoms with Gasteiger partial charge in [-0.05, 0) is 23.8 Å². The van der Waals surface area contributed by atoms with Crippen molar-refractivity contribution in [1.82, 2.24) is 4.98 Å². The lowest BCUT2D eigenvalue weighted by atomic mass is 10.0. The summed E-state index contributed by atoms with van der Waals surface area (Å²) in [7, 11) is 1.53. The standard InChI is InChI=1S/C15H16FN3O/c1-20-11-5-12-13(14(16)6-11)9-19(15(12)7-17)10-3-2-4-18-8-10/h2-6,8,15H,7,9,17H2,1H3. The molecule has 0 fully saturated rings. The molecule has 0 saturated heterocycles. The number of methoxy groups -OCH3 is 1. The SMILES string of the molecule is COc1cc(F)c2c(c1)C(CN)N(c1cccnc1)C2. The van der Waals surface area contributed by atoms with Gasteiger partial charge in [0.15, 0.2) is 0 Å². The number of nitrogens with two attached hydrogens (primary N) is 1. The Morgan fingerprint density at radius 1 is 1.50 bits per heavy atom. The summed E-state index contributed by atoms with van der Waals surface area (Å²) >= 11 is 0. The third-order valence-corrected chi connectivity index (χ3v) is 3.70. The smallest absolute Gasteiger partial charge is 0.132 e. The molecular weight excluding hydrogens is 257 g/mol. The van der Waals surface area contributed by atoms with Crippen LogP contribution in [-0.2, 0) is 6.54 Å². The maximum atomic E-state index is 14.2. The topological polar surface area (TPSA) is 51.4 Å². The van der Waals surface area contributed by atoms with Crippen LogP contribution in [0.15, 0.2) is 36.7 Å². The number of hydrogen-bond acceptors (Lipinski definition) is 4. The first-order chi connectivity index (χ1) is 9.74. The molecule has 1 aliphatic heterocycles. The van der Waals surface area contributed by atoms with Gasteiger partial charge in [-0.3, -0.25) is 4.98 Å². The minimum absolute atomic E-state index is 0.0567. The largest absolute Gasteiger partial charge is 0.497 e. The number of pyridine rings is 1. The number of nitrogens with zero attached hydrogens (tertiary/aromatic N) is 2. The molecule has 1 aromatic heterocycles. The first-order valence-corrected chi connectivity index (χ1v) is 6.47. The van der Waals surface area contributed by atoms with E-state index in [2.05, 4.69) is 9.88 Å². The van der Waals surface area contributed by atoms with Crippen molar-refractivity contribution in [2.75, 3.05) is 18.6 Å². The molecule has 1 atom stereocenters. The summed E-state index contributed by atoms with van der Waals surface area (Å²) in [5.41, 5.74) is 8.42. The van der Waals surface area contributed by atoms with Gasteiger partial charge in [-0.2, -0.15) is 0 Å². The van der Waals surface area contributed by atoms with Gasteiger partial charge in [0.2, 0.25) is 0 Å². The summed E-state index contributed by atoms with van der Waals surface area (Å²) in [6, 6.07) is 7.05. The average Bonchev–Trinajstić information content (AvgIpc) is 2.87. The van der Waals surface area contributed by atoms with Crippen molar-refractivity contribution in [1.29, 1.82) is 0 Å². The van der Waals surface area contributed by atoms with Gasteiger partial charge in [0.05, 0.1) is 25.0 Å². The third-order valence-electron chi connectivity index (χ3n) is 3.70. The lowest BCUT2D eigenvalue weighted by Gasteiger charge is -2.25. The number of benzene rings is 1. The molecule has 104 valence electrons. The monoisotopic (exact) mass is 273 g/mol. The molecule has 0 aliphatic carbocycles. The Balaban J connectivity index is 2.05. The van der Waals surface area contributed by atoms with E-state index in [1.165, 1.54) is 13.2 Å². The van der Waals surface area contributed by atoms with Crippen LogP contribution in [0.25, 0.3) is 0 Å². The fourth-order valence-electron chi connectivity index (χ4n) is 2.71. The number of anilines is 1. The zero-order valence-electron chi connectivity index (χ0n) is 11.2. The van der Waals surface area contributed by atoms with Gasteiger partial charge in [-0.1, -0.05) is 0 Å². The number of aromatic nitrogens is 1. The van der Waals surface area contributed by atoms with E-state index in [4.69, 9.17) is 10.5 Å². The Kier molecular flexibility index (Phi) is 3.28. The summed E-state index contributed by atoms with van der Waals surface area (Å²) in [6.07, 6.45) is 3.48. The Morgan fingerprint density at radius 2 is 2.35 bits per heavy atom. The molecule has 1 unspecified atom stereocenters. The number of rotatable bonds is 3. The highest BCUT2D eigenvalue weighted by Crippen LogP contribution is 2.39. The zero-order chi connectivity index (χ0) is 14.1. The maximum Gasteiger partial charge on any atom is 0.132 e. The lowest BCUT2D eigenvalue weighted by Crippen LogP contribution is -2.27. The van der Waals surface area contributed by atoms with Crippen LogP contribution in [0.3, 0.4) is 0 Å². The van der Waals surface area contributed by atoms with Gasteiger partial charge in [-0.25, -0.2) is 4.39 Å². The van der Waals surface area contributed by atoms with E-state index in [-0.39, 0.29) is 11.9 Å². The Bertz CT molecular complexity index is 618. The molecule has 5 heteroatoms. The molecule has 0 saturated carbocycles. The van der Waals surface area contributed by atoms with Gasteiger partial charge in [-0.15, -0.1) is 0 Å². The van der Waals surface area contributed by atoms with Crippen LogP contribution in [-0.4, -0.2) is 18.6 Å². The van der Waals surface area contributed by atoms with Crippen LogP contribution in [0, 0.1) is 5.82 Å². The summed E-state index contributed by atoms with van der Waals surface area (Å²) in [5, 5.41) is 0. The predicted molar refractivity (Wildman–Crippen MR) is 75.2 cm³/mol. The van der Waals surface area contributed by atoms with E-state index in [0.29, 0.717) is 24.4 Å². The van der Waals surface area contributed by atoms with Crippen LogP contribution in [0.1, 0.15) is 17.2 Å². The van der Waals surface area contributed by atoms with Gasteiger partial charge in [0.25, 0.3) is 0 Å². The first-order valence-electron chi connectivity index (χ1n) is 6.47. The normalized spacial score (nSPS) is 17.1.